The molecule has 0 spiro atoms. The summed E-state index contributed by atoms with van der Waals surface area (Å²) in [5, 5.41) is 22.7. The van der Waals surface area contributed by atoms with Crippen LogP contribution in [0, 0.1) is 5.92 Å². The molecule has 16 heteroatoms. The Morgan fingerprint density at radius 3 is 2.35 bits per heavy atom. The van der Waals surface area contributed by atoms with Crippen molar-refractivity contribution in [3.05, 3.63) is 96.1 Å². The van der Waals surface area contributed by atoms with Crippen molar-refractivity contribution in [2.75, 3.05) is 29.9 Å². The first kappa shape index (κ1) is 36.5. The number of hydrogen-bond acceptors (Lipinski definition) is 10. The topological polar surface area (TPSA) is 152 Å². The average molecular weight is 758 g/mol. The number of carbonyl (C=O) groups is 2. The summed E-state index contributed by atoms with van der Waals surface area (Å²) in [4.78, 5) is 41.3. The minimum atomic E-state index is -5.26. The van der Waals surface area contributed by atoms with Gasteiger partial charge >= 0.3 is 12.1 Å². The molecule has 8 rings (SSSR count). The third kappa shape index (κ3) is 7.59. The molecule has 2 aromatic carbocycles. The van der Waals surface area contributed by atoms with Crippen LogP contribution in [-0.2, 0) is 20.7 Å². The highest BCUT2D eigenvalue weighted by molar-refractivity contribution is 5.85. The molecule has 13 nitrogen and oxygen atoms in total. The number of carbonyl (C=O) groups excluding carboxylic acids is 2. The van der Waals surface area contributed by atoms with Crippen LogP contribution in [0.1, 0.15) is 67.3 Å². The fourth-order valence-corrected chi connectivity index (χ4v) is 7.72. The van der Waals surface area contributed by atoms with Crippen molar-refractivity contribution >= 4 is 34.8 Å². The molecule has 3 aliphatic rings. The van der Waals surface area contributed by atoms with Crippen LogP contribution >= 0.6 is 0 Å². The molecule has 0 bridgehead atoms. The third-order valence-electron chi connectivity index (χ3n) is 10.9. The number of halogens is 3. The maximum absolute atomic E-state index is 13.5. The predicted molar refractivity (Wildman–Crippen MR) is 196 cm³/mol. The summed E-state index contributed by atoms with van der Waals surface area (Å²) < 4.78 is 48.5. The number of anilines is 2. The van der Waals surface area contributed by atoms with E-state index in [1.165, 1.54) is 11.0 Å². The highest BCUT2D eigenvalue weighted by Crippen LogP contribution is 2.43. The molecular formula is C39H42F3N9O4. The van der Waals surface area contributed by atoms with Crippen LogP contribution in [0.15, 0.2) is 79.4 Å². The number of aliphatic hydroxyl groups excluding tert-OH is 1. The van der Waals surface area contributed by atoms with E-state index < -0.39 is 36.4 Å². The molecule has 3 fully saturated rings. The van der Waals surface area contributed by atoms with Gasteiger partial charge in [-0.15, -0.1) is 0 Å². The highest BCUT2D eigenvalue weighted by atomic mass is 19.4. The molecule has 5 aromatic rings. The Bertz CT molecular complexity index is 2100. The number of alkyl halides is 3. The summed E-state index contributed by atoms with van der Waals surface area (Å²) in [6.45, 7) is 3.42. The van der Waals surface area contributed by atoms with Crippen molar-refractivity contribution in [1.29, 1.82) is 0 Å². The summed E-state index contributed by atoms with van der Waals surface area (Å²) in [5.74, 6) is -1.50. The SMILES string of the molecule is CCc1cnn([C@H]2C[C@@H](n3cnc4c(NCC(c5ccccc5)c5ccccc5)nc(N5CC[C@@H](NC(=O)C6CC6)C5)nc43)[C@H](O)[C@@H]2OC(=O)C(F)(F)F)c1. The van der Waals surface area contributed by atoms with Crippen LogP contribution in [-0.4, -0.2) is 90.3 Å². The van der Waals surface area contributed by atoms with Crippen molar-refractivity contribution in [3.8, 4) is 0 Å². The smallest absolute Gasteiger partial charge is 0.451 e. The first-order chi connectivity index (χ1) is 26.6. The van der Waals surface area contributed by atoms with Crippen molar-refractivity contribution < 1.29 is 32.6 Å². The minimum absolute atomic E-state index is 0.0599. The molecule has 1 amide bonds. The number of aryl methyl sites for hydroxylation is 1. The Morgan fingerprint density at radius 1 is 1.00 bits per heavy atom. The Balaban J connectivity index is 1.15. The average Bonchev–Trinajstić information content (AvgIpc) is 3.46. The first-order valence-corrected chi connectivity index (χ1v) is 18.7. The molecule has 2 aliphatic carbocycles. The Labute approximate surface area is 314 Å². The number of esters is 1. The van der Waals surface area contributed by atoms with Gasteiger partial charge in [0.15, 0.2) is 23.1 Å². The predicted octanol–water partition coefficient (Wildman–Crippen LogP) is 4.96. The van der Waals surface area contributed by atoms with E-state index in [0.717, 1.165) is 29.5 Å². The lowest BCUT2D eigenvalue weighted by Crippen LogP contribution is -2.39. The minimum Gasteiger partial charge on any atom is -0.451 e. The van der Waals surface area contributed by atoms with Gasteiger partial charge in [0.2, 0.25) is 11.9 Å². The van der Waals surface area contributed by atoms with Gasteiger partial charge in [-0.2, -0.15) is 28.2 Å². The number of amides is 1. The molecule has 0 unspecified atom stereocenters. The first-order valence-electron chi connectivity index (χ1n) is 18.7. The molecule has 288 valence electrons. The fraction of sp³-hybridized carbons (Fsp3) is 0.436. The summed E-state index contributed by atoms with van der Waals surface area (Å²) in [7, 11) is 0. The Hall–Kier alpha value is -5.51. The van der Waals surface area contributed by atoms with Crippen LogP contribution in [0.5, 0.6) is 0 Å². The van der Waals surface area contributed by atoms with Gasteiger partial charge in [0.25, 0.3) is 0 Å². The summed E-state index contributed by atoms with van der Waals surface area (Å²) in [6.07, 6.45) is -0.411. The quantitative estimate of drug-likeness (QED) is 0.149. The number of nitrogens with one attached hydrogen (secondary N) is 2. The standard InChI is InChI=1S/C39H42F3N9O4/c1-2-23-18-45-51(20-23)30-17-29(32(52)33(30)55-37(54)39(40,41)42)50-22-44-31-34(43-19-28(24-9-5-3-6-10-24)25-11-7-4-8-12-25)47-38(48-35(31)50)49-16-15-27(21-49)46-36(53)26-13-14-26/h3-12,18,20,22,26-30,32-33,52H,2,13-17,19,21H2,1H3,(H,46,53)(H,43,47,48)/t27-,29-,30+,32+,33-/m1/s1. The highest BCUT2D eigenvalue weighted by Gasteiger charge is 2.51. The Morgan fingerprint density at radius 2 is 1.71 bits per heavy atom. The van der Waals surface area contributed by atoms with Crippen LogP contribution in [0.2, 0.25) is 0 Å². The van der Waals surface area contributed by atoms with E-state index in [1.807, 2.05) is 48.2 Å². The lowest BCUT2D eigenvalue weighted by atomic mass is 9.91. The second-order valence-electron chi connectivity index (χ2n) is 14.6. The molecule has 55 heavy (non-hydrogen) atoms. The van der Waals surface area contributed by atoms with Gasteiger partial charge in [-0.25, -0.2) is 9.78 Å². The van der Waals surface area contributed by atoms with Gasteiger partial charge < -0.3 is 29.9 Å². The number of rotatable bonds is 12. The lowest BCUT2D eigenvalue weighted by molar-refractivity contribution is -0.210. The maximum atomic E-state index is 13.5. The van der Waals surface area contributed by atoms with Gasteiger partial charge in [0.1, 0.15) is 6.10 Å². The van der Waals surface area contributed by atoms with Crippen LogP contribution in [0.4, 0.5) is 24.9 Å². The van der Waals surface area contributed by atoms with Crippen LogP contribution in [0.3, 0.4) is 0 Å². The van der Waals surface area contributed by atoms with Crippen LogP contribution in [0.25, 0.3) is 11.2 Å². The zero-order chi connectivity index (χ0) is 38.3. The number of aromatic nitrogens is 6. The summed E-state index contributed by atoms with van der Waals surface area (Å²) >= 11 is 0. The number of aliphatic hydroxyl groups is 1. The van der Waals surface area contributed by atoms with E-state index in [1.54, 1.807) is 17.0 Å². The van der Waals surface area contributed by atoms with E-state index in [0.29, 0.717) is 55.4 Å². The van der Waals surface area contributed by atoms with Gasteiger partial charge in [0, 0.05) is 43.7 Å². The normalized spacial score (nSPS) is 22.7. The molecule has 1 saturated heterocycles. The number of nitrogens with zero attached hydrogens (tertiary/aromatic N) is 7. The number of benzene rings is 2. The van der Waals surface area contributed by atoms with E-state index in [-0.39, 0.29) is 30.2 Å². The van der Waals surface area contributed by atoms with Gasteiger partial charge in [-0.05, 0) is 48.8 Å². The summed E-state index contributed by atoms with van der Waals surface area (Å²) in [5.41, 5.74) is 3.76. The van der Waals surface area contributed by atoms with Gasteiger partial charge in [-0.3, -0.25) is 9.48 Å². The van der Waals surface area contributed by atoms with E-state index >= 15 is 0 Å². The molecule has 4 heterocycles. The van der Waals surface area contributed by atoms with Crippen molar-refractivity contribution in [1.82, 2.24) is 34.6 Å². The molecular weight excluding hydrogens is 715 g/mol. The van der Waals surface area contributed by atoms with Gasteiger partial charge in [-0.1, -0.05) is 67.6 Å². The van der Waals surface area contributed by atoms with Crippen LogP contribution < -0.4 is 15.5 Å². The number of fused-ring (bicyclic) bond motifs is 1. The molecule has 1 aliphatic heterocycles. The molecule has 2 saturated carbocycles. The van der Waals surface area contributed by atoms with Crippen molar-refractivity contribution in [2.45, 2.75) is 81.5 Å². The molecule has 5 atom stereocenters. The van der Waals surface area contributed by atoms with Crippen molar-refractivity contribution in [2.24, 2.45) is 5.92 Å². The zero-order valence-corrected chi connectivity index (χ0v) is 30.1. The molecule has 3 aromatic heterocycles. The maximum Gasteiger partial charge on any atom is 0.490 e. The Kier molecular flexibility index (Phi) is 9.92. The number of hydrogen-bond donors (Lipinski definition) is 3. The fourth-order valence-electron chi connectivity index (χ4n) is 7.72. The number of ether oxygens (including phenoxy) is 1. The summed E-state index contributed by atoms with van der Waals surface area (Å²) in [6, 6.07) is 18.3. The van der Waals surface area contributed by atoms with Gasteiger partial charge in [0.05, 0.1) is 24.6 Å². The number of imidazole rings is 1. The third-order valence-corrected chi connectivity index (χ3v) is 10.9. The van der Waals surface area contributed by atoms with Crippen molar-refractivity contribution in [3.63, 3.8) is 0 Å². The lowest BCUT2D eigenvalue weighted by Gasteiger charge is -2.24. The van der Waals surface area contributed by atoms with E-state index in [9.17, 15) is 27.9 Å². The monoisotopic (exact) mass is 757 g/mol. The largest absolute Gasteiger partial charge is 0.490 e. The molecule has 0 radical (unpaired) electrons. The zero-order valence-electron chi connectivity index (χ0n) is 30.1. The second kappa shape index (κ2) is 15.0. The second-order valence-corrected chi connectivity index (χ2v) is 14.6. The van der Waals surface area contributed by atoms with E-state index in [2.05, 4.69) is 45.0 Å². The van der Waals surface area contributed by atoms with E-state index in [4.69, 9.17) is 14.7 Å². The molecule has 3 N–H and O–H groups in total.